The smallest absolute Gasteiger partial charge is 0.350 e. The number of ether oxygens (including phenoxy) is 2. The maximum Gasteiger partial charge on any atom is 0.350 e. The highest BCUT2D eigenvalue weighted by Crippen LogP contribution is 2.06. The molecular formula is C8H6N2O4. The highest BCUT2D eigenvalue weighted by Gasteiger charge is 2.22. The minimum Gasteiger partial charge on any atom is -0.465 e. The average Bonchev–Trinajstić information content (AvgIpc) is 2.23. The fourth-order valence-electron chi connectivity index (χ4n) is 0.611. The van der Waals surface area contributed by atoms with Crippen LogP contribution in [0.3, 0.4) is 0 Å². The van der Waals surface area contributed by atoms with Crippen LogP contribution in [0.1, 0.15) is 0 Å². The van der Waals surface area contributed by atoms with Gasteiger partial charge in [0.2, 0.25) is 0 Å². The van der Waals surface area contributed by atoms with E-state index in [9.17, 15) is 9.59 Å². The third kappa shape index (κ3) is 2.32. The molecule has 0 saturated heterocycles. The lowest BCUT2D eigenvalue weighted by Crippen LogP contribution is -2.12. The normalized spacial score (nSPS) is 10.3. The first-order valence-electron chi connectivity index (χ1n) is 3.33. The van der Waals surface area contributed by atoms with E-state index in [0.717, 1.165) is 14.2 Å². The quantitative estimate of drug-likeness (QED) is 0.339. The number of hydrogen-bond acceptors (Lipinski definition) is 6. The molecule has 14 heavy (non-hydrogen) atoms. The zero-order chi connectivity index (χ0) is 11.1. The van der Waals surface area contributed by atoms with Crippen molar-refractivity contribution in [3.8, 4) is 12.1 Å². The van der Waals surface area contributed by atoms with Crippen molar-refractivity contribution in [1.82, 2.24) is 0 Å². The molecular weight excluding hydrogens is 188 g/mol. The molecule has 0 aromatic carbocycles. The fraction of sp³-hybridized carbons (Fsp3) is 0.250. The molecule has 0 heterocycles. The van der Waals surface area contributed by atoms with Gasteiger partial charge in [-0.1, -0.05) is 0 Å². The van der Waals surface area contributed by atoms with Crippen molar-refractivity contribution in [3.05, 3.63) is 11.1 Å². The minimum atomic E-state index is -1.05. The Kier molecular flexibility index (Phi) is 4.44. The van der Waals surface area contributed by atoms with Crippen LogP contribution in [0, 0.1) is 22.7 Å². The Balaban J connectivity index is 5.40. The van der Waals surface area contributed by atoms with E-state index in [2.05, 4.69) is 9.47 Å². The zero-order valence-electron chi connectivity index (χ0n) is 7.53. The molecule has 0 N–H and O–H groups in total. The molecule has 0 aliphatic carbocycles. The summed E-state index contributed by atoms with van der Waals surface area (Å²) in [4.78, 5) is 21.8. The summed E-state index contributed by atoms with van der Waals surface area (Å²) in [6, 6.07) is 2.80. The van der Waals surface area contributed by atoms with Gasteiger partial charge in [0.05, 0.1) is 14.2 Å². The second kappa shape index (κ2) is 5.33. The summed E-state index contributed by atoms with van der Waals surface area (Å²) in [7, 11) is 2.07. The highest BCUT2D eigenvalue weighted by atomic mass is 16.5. The monoisotopic (exact) mass is 194 g/mol. The Morgan fingerprint density at radius 2 is 1.21 bits per heavy atom. The van der Waals surface area contributed by atoms with Crippen LogP contribution < -0.4 is 0 Å². The van der Waals surface area contributed by atoms with Crippen LogP contribution in [0.4, 0.5) is 0 Å². The number of carbonyl (C=O) groups is 2. The van der Waals surface area contributed by atoms with Gasteiger partial charge in [-0.25, -0.2) is 9.59 Å². The van der Waals surface area contributed by atoms with Gasteiger partial charge in [0.25, 0.3) is 0 Å². The maximum absolute atomic E-state index is 10.9. The molecule has 6 heteroatoms. The molecule has 0 fully saturated rings. The van der Waals surface area contributed by atoms with E-state index in [1.54, 1.807) is 0 Å². The zero-order valence-corrected chi connectivity index (χ0v) is 7.53. The van der Waals surface area contributed by atoms with E-state index in [0.29, 0.717) is 0 Å². The molecule has 0 aromatic rings. The number of rotatable bonds is 2. The van der Waals surface area contributed by atoms with E-state index in [1.165, 1.54) is 12.1 Å². The number of esters is 2. The molecule has 6 nitrogen and oxygen atoms in total. The Morgan fingerprint density at radius 1 is 0.929 bits per heavy atom. The largest absolute Gasteiger partial charge is 0.465 e. The molecule has 0 unspecified atom stereocenters. The van der Waals surface area contributed by atoms with Gasteiger partial charge in [-0.15, -0.1) is 0 Å². The summed E-state index contributed by atoms with van der Waals surface area (Å²) in [5.41, 5.74) is -1.33. The van der Waals surface area contributed by atoms with Crippen LogP contribution in [-0.4, -0.2) is 26.2 Å². The minimum absolute atomic E-state index is 0.665. The maximum atomic E-state index is 10.9. The standard InChI is InChI=1S/C8H6N2O4/c1-13-7(11)5(3-9)6(4-10)8(12)14-2/h1-2H3/b6-5+. The summed E-state index contributed by atoms with van der Waals surface area (Å²) in [6.45, 7) is 0. The van der Waals surface area contributed by atoms with Crippen LogP contribution in [0.5, 0.6) is 0 Å². The average molecular weight is 194 g/mol. The second-order valence-corrected chi connectivity index (χ2v) is 1.96. The first-order valence-corrected chi connectivity index (χ1v) is 3.33. The molecule has 0 atom stereocenters. The topological polar surface area (TPSA) is 100 Å². The van der Waals surface area contributed by atoms with Crippen LogP contribution in [0.25, 0.3) is 0 Å². The van der Waals surface area contributed by atoms with Crippen molar-refractivity contribution in [1.29, 1.82) is 10.5 Å². The van der Waals surface area contributed by atoms with E-state index in [4.69, 9.17) is 10.5 Å². The van der Waals surface area contributed by atoms with Crippen molar-refractivity contribution < 1.29 is 19.1 Å². The van der Waals surface area contributed by atoms with Gasteiger partial charge in [-0.05, 0) is 0 Å². The molecule has 0 amide bonds. The molecule has 72 valence electrons. The van der Waals surface area contributed by atoms with Gasteiger partial charge in [-0.3, -0.25) is 0 Å². The first-order chi connectivity index (χ1) is 6.62. The Hall–Kier alpha value is -2.34. The van der Waals surface area contributed by atoms with Crippen LogP contribution in [0.2, 0.25) is 0 Å². The Bertz CT molecular complexity index is 334. The Morgan fingerprint density at radius 3 is 1.36 bits per heavy atom. The highest BCUT2D eigenvalue weighted by molar-refractivity contribution is 6.05. The van der Waals surface area contributed by atoms with Gasteiger partial charge in [-0.2, -0.15) is 10.5 Å². The molecule has 0 aromatic heterocycles. The van der Waals surface area contributed by atoms with Crippen LogP contribution >= 0.6 is 0 Å². The van der Waals surface area contributed by atoms with E-state index in [1.807, 2.05) is 0 Å². The Labute approximate surface area is 79.9 Å². The third-order valence-electron chi connectivity index (χ3n) is 1.25. The number of hydrogen-bond donors (Lipinski definition) is 0. The molecule has 0 rings (SSSR count). The van der Waals surface area contributed by atoms with Gasteiger partial charge < -0.3 is 9.47 Å². The predicted octanol–water partition coefficient (Wildman–Crippen LogP) is -0.324. The summed E-state index contributed by atoms with van der Waals surface area (Å²) in [5, 5.41) is 17.0. The first kappa shape index (κ1) is 11.7. The van der Waals surface area contributed by atoms with E-state index < -0.39 is 23.1 Å². The number of carbonyl (C=O) groups excluding carboxylic acids is 2. The van der Waals surface area contributed by atoms with Crippen LogP contribution in [0.15, 0.2) is 11.1 Å². The lowest BCUT2D eigenvalue weighted by molar-refractivity contribution is -0.138. The second-order valence-electron chi connectivity index (χ2n) is 1.96. The summed E-state index contributed by atoms with van der Waals surface area (Å²) >= 11 is 0. The van der Waals surface area contributed by atoms with Crippen molar-refractivity contribution in [2.45, 2.75) is 0 Å². The lowest BCUT2D eigenvalue weighted by Gasteiger charge is -1.99. The van der Waals surface area contributed by atoms with Crippen LogP contribution in [-0.2, 0) is 19.1 Å². The van der Waals surface area contributed by atoms with E-state index in [-0.39, 0.29) is 0 Å². The molecule has 0 saturated carbocycles. The number of nitrogens with zero attached hydrogens (tertiary/aromatic N) is 2. The predicted molar refractivity (Wildman–Crippen MR) is 42.3 cm³/mol. The third-order valence-corrected chi connectivity index (χ3v) is 1.25. The van der Waals surface area contributed by atoms with Crippen molar-refractivity contribution >= 4 is 11.9 Å². The molecule has 0 spiro atoms. The van der Waals surface area contributed by atoms with Gasteiger partial charge in [0.15, 0.2) is 11.1 Å². The number of nitriles is 2. The fourth-order valence-corrected chi connectivity index (χ4v) is 0.611. The molecule has 0 bridgehead atoms. The van der Waals surface area contributed by atoms with Gasteiger partial charge >= 0.3 is 11.9 Å². The van der Waals surface area contributed by atoms with E-state index >= 15 is 0 Å². The summed E-state index contributed by atoms with van der Waals surface area (Å²) in [5.74, 6) is -2.09. The molecule has 0 radical (unpaired) electrons. The van der Waals surface area contributed by atoms with Crippen molar-refractivity contribution in [2.24, 2.45) is 0 Å². The summed E-state index contributed by atoms with van der Waals surface area (Å²) in [6.07, 6.45) is 0. The van der Waals surface area contributed by atoms with Crippen molar-refractivity contribution in [2.75, 3.05) is 14.2 Å². The summed E-state index contributed by atoms with van der Waals surface area (Å²) < 4.78 is 8.41. The number of methoxy groups -OCH3 is 2. The molecule has 0 aliphatic rings. The SMILES string of the molecule is COC(=O)/C(C#N)=C(\C#N)C(=O)OC. The van der Waals surface area contributed by atoms with Gasteiger partial charge in [0.1, 0.15) is 12.1 Å². The van der Waals surface area contributed by atoms with Gasteiger partial charge in [0, 0.05) is 0 Å². The lowest BCUT2D eigenvalue weighted by atomic mass is 10.1. The van der Waals surface area contributed by atoms with Crippen molar-refractivity contribution in [3.63, 3.8) is 0 Å². The molecule has 0 aliphatic heterocycles.